The molecule has 168 valence electrons. The van der Waals surface area contributed by atoms with E-state index in [2.05, 4.69) is 33.2 Å². The Morgan fingerprint density at radius 1 is 1.09 bits per heavy atom. The van der Waals surface area contributed by atoms with Gasteiger partial charge in [0.2, 0.25) is 0 Å². The lowest BCUT2D eigenvalue weighted by Crippen LogP contribution is -2.39. The Morgan fingerprint density at radius 3 is 2.67 bits per heavy atom. The van der Waals surface area contributed by atoms with Crippen molar-refractivity contribution in [2.45, 2.75) is 24.9 Å². The number of thioether (sulfide) groups is 1. The maximum Gasteiger partial charge on any atom is 0.332 e. The Balaban J connectivity index is 1.37. The van der Waals surface area contributed by atoms with Gasteiger partial charge in [-0.1, -0.05) is 30.3 Å². The Bertz CT molecular complexity index is 1600. The van der Waals surface area contributed by atoms with E-state index in [0.717, 1.165) is 37.3 Å². The fraction of sp³-hybridized carbons (Fsp3) is 0.261. The number of rotatable bonds is 6. The van der Waals surface area contributed by atoms with Gasteiger partial charge < -0.3 is 4.57 Å². The molecule has 0 bridgehead atoms. The molecule has 4 heterocycles. The van der Waals surface area contributed by atoms with Crippen LogP contribution in [0.15, 0.2) is 57.3 Å². The summed E-state index contributed by atoms with van der Waals surface area (Å²) in [4.78, 5) is 41.1. The zero-order valence-corrected chi connectivity index (χ0v) is 20.1. The van der Waals surface area contributed by atoms with Gasteiger partial charge in [0.15, 0.2) is 11.2 Å². The van der Waals surface area contributed by atoms with E-state index in [1.54, 1.807) is 48.1 Å². The second kappa shape index (κ2) is 8.60. The minimum absolute atomic E-state index is 0.302. The summed E-state index contributed by atoms with van der Waals surface area (Å²) < 4.78 is 4.38. The van der Waals surface area contributed by atoms with Crippen molar-refractivity contribution in [1.82, 2.24) is 28.7 Å². The van der Waals surface area contributed by atoms with Crippen molar-refractivity contribution in [3.05, 3.63) is 69.4 Å². The third-order valence-corrected chi connectivity index (χ3v) is 7.65. The van der Waals surface area contributed by atoms with Crippen LogP contribution in [0.2, 0.25) is 0 Å². The van der Waals surface area contributed by atoms with Crippen LogP contribution < -0.4 is 11.2 Å². The maximum atomic E-state index is 12.9. The van der Waals surface area contributed by atoms with Crippen LogP contribution in [0, 0.1) is 6.92 Å². The fourth-order valence-corrected chi connectivity index (χ4v) is 5.96. The molecular weight excluding hydrogens is 456 g/mol. The first-order valence-electron chi connectivity index (χ1n) is 10.5. The van der Waals surface area contributed by atoms with Crippen LogP contribution in [0.3, 0.4) is 0 Å². The molecular formula is C23H22N6O2S2. The molecule has 33 heavy (non-hydrogen) atoms. The first kappa shape index (κ1) is 21.6. The SMILES string of the molecule is Cc1nc(SCCCn2c(=O)c3c(ncn3C)n(C)c2=O)c2cc(-c3ccccc3)sc2n1. The molecule has 1 aromatic carbocycles. The van der Waals surface area contributed by atoms with E-state index < -0.39 is 0 Å². The zero-order chi connectivity index (χ0) is 23.1. The topological polar surface area (TPSA) is 87.6 Å². The number of thiophene rings is 1. The lowest BCUT2D eigenvalue weighted by Gasteiger charge is -2.09. The third kappa shape index (κ3) is 3.89. The van der Waals surface area contributed by atoms with Gasteiger partial charge >= 0.3 is 5.69 Å². The highest BCUT2D eigenvalue weighted by Gasteiger charge is 2.15. The highest BCUT2D eigenvalue weighted by atomic mass is 32.2. The van der Waals surface area contributed by atoms with Crippen molar-refractivity contribution in [3.63, 3.8) is 0 Å². The molecule has 0 radical (unpaired) electrons. The normalized spacial score (nSPS) is 11.6. The van der Waals surface area contributed by atoms with E-state index in [4.69, 9.17) is 0 Å². The van der Waals surface area contributed by atoms with Gasteiger partial charge in [0.25, 0.3) is 5.56 Å². The van der Waals surface area contributed by atoms with Crippen LogP contribution >= 0.6 is 23.1 Å². The number of imidazole rings is 1. The molecule has 0 aliphatic carbocycles. The molecule has 0 N–H and O–H groups in total. The Morgan fingerprint density at radius 2 is 1.88 bits per heavy atom. The Hall–Kier alpha value is -3.24. The highest BCUT2D eigenvalue weighted by molar-refractivity contribution is 7.99. The van der Waals surface area contributed by atoms with E-state index >= 15 is 0 Å². The highest BCUT2D eigenvalue weighted by Crippen LogP contribution is 2.36. The molecule has 0 aliphatic heterocycles. The summed E-state index contributed by atoms with van der Waals surface area (Å²) in [5.41, 5.74) is 1.36. The van der Waals surface area contributed by atoms with Gasteiger partial charge in [-0.05, 0) is 25.0 Å². The summed E-state index contributed by atoms with van der Waals surface area (Å²) in [6, 6.07) is 12.4. The van der Waals surface area contributed by atoms with Gasteiger partial charge in [0, 0.05) is 36.7 Å². The summed E-state index contributed by atoms with van der Waals surface area (Å²) in [5, 5.41) is 1.97. The second-order valence-electron chi connectivity index (χ2n) is 7.80. The number of hydrogen-bond donors (Lipinski definition) is 0. The average molecular weight is 479 g/mol. The molecule has 0 aliphatic rings. The van der Waals surface area contributed by atoms with Crippen molar-refractivity contribution in [2.75, 3.05) is 5.75 Å². The summed E-state index contributed by atoms with van der Waals surface area (Å²) in [5.74, 6) is 1.46. The van der Waals surface area contributed by atoms with Crippen LogP contribution in [0.5, 0.6) is 0 Å². The standard InChI is InChI=1S/C23H22N6O2S2/c1-14-25-20(16-12-17(33-21(16)26-14)15-8-5-4-6-9-15)32-11-7-10-29-22(30)18-19(24-13-27(18)2)28(3)23(29)31/h4-6,8-9,12-13H,7,10-11H2,1-3H3. The van der Waals surface area contributed by atoms with Crippen molar-refractivity contribution in [1.29, 1.82) is 0 Å². The monoisotopic (exact) mass is 478 g/mol. The Kier molecular flexibility index (Phi) is 5.63. The van der Waals surface area contributed by atoms with Crippen molar-refractivity contribution in [3.8, 4) is 10.4 Å². The van der Waals surface area contributed by atoms with E-state index in [9.17, 15) is 9.59 Å². The van der Waals surface area contributed by atoms with Gasteiger partial charge in [-0.25, -0.2) is 19.7 Å². The summed E-state index contributed by atoms with van der Waals surface area (Å²) in [6.07, 6.45) is 2.21. The molecule has 0 spiro atoms. The Labute approximate surface area is 197 Å². The van der Waals surface area contributed by atoms with E-state index in [1.807, 2.05) is 25.1 Å². The smallest absolute Gasteiger partial charge is 0.328 e. The summed E-state index contributed by atoms with van der Waals surface area (Å²) in [6.45, 7) is 2.24. The number of hydrogen-bond acceptors (Lipinski definition) is 7. The number of aromatic nitrogens is 6. The summed E-state index contributed by atoms with van der Waals surface area (Å²) in [7, 11) is 3.40. The lowest BCUT2D eigenvalue weighted by atomic mass is 10.2. The predicted molar refractivity (Wildman–Crippen MR) is 133 cm³/mol. The third-order valence-electron chi connectivity index (χ3n) is 5.49. The quantitative estimate of drug-likeness (QED) is 0.211. The van der Waals surface area contributed by atoms with Crippen molar-refractivity contribution in [2.24, 2.45) is 14.1 Å². The first-order chi connectivity index (χ1) is 15.9. The molecule has 8 nitrogen and oxygen atoms in total. The number of fused-ring (bicyclic) bond motifs is 2. The van der Waals surface area contributed by atoms with Crippen LogP contribution in [0.1, 0.15) is 12.2 Å². The molecule has 5 rings (SSSR count). The number of nitrogens with zero attached hydrogens (tertiary/aromatic N) is 6. The molecule has 0 saturated heterocycles. The molecule has 0 saturated carbocycles. The molecule has 10 heteroatoms. The molecule has 0 fully saturated rings. The van der Waals surface area contributed by atoms with Gasteiger partial charge in [-0.15, -0.1) is 23.1 Å². The minimum Gasteiger partial charge on any atom is -0.328 e. The van der Waals surface area contributed by atoms with E-state index in [1.165, 1.54) is 9.13 Å². The predicted octanol–water partition coefficient (Wildman–Crippen LogP) is 3.60. The molecule has 4 aromatic heterocycles. The van der Waals surface area contributed by atoms with Gasteiger partial charge in [-0.2, -0.15) is 0 Å². The maximum absolute atomic E-state index is 12.9. The van der Waals surface area contributed by atoms with Crippen LogP contribution in [-0.4, -0.2) is 34.4 Å². The van der Waals surface area contributed by atoms with E-state index in [-0.39, 0.29) is 11.2 Å². The molecule has 0 atom stereocenters. The first-order valence-corrected chi connectivity index (χ1v) is 12.3. The molecule has 5 aromatic rings. The number of benzene rings is 1. The van der Waals surface area contributed by atoms with Crippen LogP contribution in [0.25, 0.3) is 31.8 Å². The molecule has 0 unspecified atom stereocenters. The van der Waals surface area contributed by atoms with Crippen molar-refractivity contribution >= 4 is 44.5 Å². The lowest BCUT2D eigenvalue weighted by molar-refractivity contribution is 0.594. The van der Waals surface area contributed by atoms with E-state index in [0.29, 0.717) is 24.1 Å². The van der Waals surface area contributed by atoms with Gasteiger partial charge in [0.05, 0.1) is 6.33 Å². The molecule has 0 amide bonds. The van der Waals surface area contributed by atoms with Crippen molar-refractivity contribution < 1.29 is 0 Å². The largest absolute Gasteiger partial charge is 0.332 e. The van der Waals surface area contributed by atoms with Crippen LogP contribution in [0.4, 0.5) is 0 Å². The second-order valence-corrected chi connectivity index (χ2v) is 9.91. The van der Waals surface area contributed by atoms with Gasteiger partial charge in [0.1, 0.15) is 15.7 Å². The minimum atomic E-state index is -0.346. The number of aryl methyl sites for hydroxylation is 3. The summed E-state index contributed by atoms with van der Waals surface area (Å²) >= 11 is 3.29. The fourth-order valence-electron chi connectivity index (χ4n) is 3.84. The van der Waals surface area contributed by atoms with Gasteiger partial charge in [-0.3, -0.25) is 13.9 Å². The zero-order valence-electron chi connectivity index (χ0n) is 18.5. The average Bonchev–Trinajstić information content (AvgIpc) is 3.41. The van der Waals surface area contributed by atoms with Crippen LogP contribution in [-0.2, 0) is 20.6 Å².